The summed E-state index contributed by atoms with van der Waals surface area (Å²) in [5, 5.41) is 11.7. The van der Waals surface area contributed by atoms with Crippen molar-refractivity contribution in [3.05, 3.63) is 35.9 Å². The van der Waals surface area contributed by atoms with Crippen molar-refractivity contribution in [2.24, 2.45) is 0 Å². The second kappa shape index (κ2) is 10.2. The maximum Gasteiger partial charge on any atom is 0.406 e. The van der Waals surface area contributed by atoms with Crippen LogP contribution < -0.4 is 5.09 Å². The Labute approximate surface area is 139 Å². The Hall–Kier alpha value is -0.620. The quantitative estimate of drug-likeness (QED) is 0.460. The average Bonchev–Trinajstić information content (AvgIpc) is 2.51. The number of carboxylic acids is 1. The van der Waals surface area contributed by atoms with Gasteiger partial charge in [-0.05, 0) is 12.0 Å². The fourth-order valence-electron chi connectivity index (χ4n) is 1.65. The second-order valence-electron chi connectivity index (χ2n) is 4.25. The highest BCUT2D eigenvalue weighted by molar-refractivity contribution is 7.51. The van der Waals surface area contributed by atoms with Crippen LogP contribution in [0.1, 0.15) is 5.56 Å². The molecule has 1 atom stereocenters. The molecule has 1 aromatic carbocycles. The first kappa shape index (κ1) is 19.4. The summed E-state index contributed by atoms with van der Waals surface area (Å²) in [4.78, 5) is 11.4. The van der Waals surface area contributed by atoms with E-state index in [2.05, 4.69) is 5.09 Å². The van der Waals surface area contributed by atoms with Crippen molar-refractivity contribution >= 4 is 36.9 Å². The van der Waals surface area contributed by atoms with Crippen molar-refractivity contribution in [2.45, 2.75) is 12.5 Å². The highest BCUT2D eigenvalue weighted by atomic mass is 35.5. The molecule has 0 saturated carbocycles. The van der Waals surface area contributed by atoms with Crippen molar-refractivity contribution in [3.63, 3.8) is 0 Å². The van der Waals surface area contributed by atoms with E-state index in [-0.39, 0.29) is 31.4 Å². The average molecular weight is 370 g/mol. The largest absolute Gasteiger partial charge is 0.480 e. The monoisotopic (exact) mass is 369 g/mol. The Morgan fingerprint density at radius 1 is 1.18 bits per heavy atom. The lowest BCUT2D eigenvalue weighted by Gasteiger charge is -2.22. The molecule has 9 heteroatoms. The molecule has 22 heavy (non-hydrogen) atoms. The number of carboxylic acid groups (broad SMARTS) is 1. The Balaban J connectivity index is 2.80. The number of carbonyl (C=O) groups is 1. The summed E-state index contributed by atoms with van der Waals surface area (Å²) in [6.45, 7) is -0.0718. The molecule has 0 amide bonds. The standard InChI is InChI=1S/C13H18Cl2NO5P/c14-6-8-20-22(19,21-9-7-15)16-12(13(17)18)10-11-4-2-1-3-5-11/h1-5,12H,6-10H2,(H,16,19)(H,17,18)/t12-/m0/s1. The summed E-state index contributed by atoms with van der Waals surface area (Å²) < 4.78 is 22.6. The van der Waals surface area contributed by atoms with Gasteiger partial charge in [0.25, 0.3) is 0 Å². The third-order valence-corrected chi connectivity index (χ3v) is 4.55. The van der Waals surface area contributed by atoms with E-state index in [1.807, 2.05) is 6.07 Å². The molecule has 1 rings (SSSR count). The smallest absolute Gasteiger partial charge is 0.406 e. The molecule has 124 valence electrons. The summed E-state index contributed by atoms with van der Waals surface area (Å²) in [7, 11) is -3.80. The maximum atomic E-state index is 12.5. The number of halogens is 2. The first-order chi connectivity index (χ1) is 10.5. The Bertz CT molecular complexity index is 490. The molecule has 6 nitrogen and oxygen atoms in total. The molecule has 0 fully saturated rings. The van der Waals surface area contributed by atoms with E-state index in [1.54, 1.807) is 24.3 Å². The molecule has 0 bridgehead atoms. The first-order valence-electron chi connectivity index (χ1n) is 6.56. The first-order valence-corrected chi connectivity index (χ1v) is 9.17. The molecule has 0 aromatic heterocycles. The molecule has 0 aliphatic rings. The van der Waals surface area contributed by atoms with E-state index in [0.29, 0.717) is 0 Å². The van der Waals surface area contributed by atoms with Crippen LogP contribution in [0.15, 0.2) is 30.3 Å². The molecular weight excluding hydrogens is 352 g/mol. The maximum absolute atomic E-state index is 12.5. The van der Waals surface area contributed by atoms with Gasteiger partial charge < -0.3 is 5.11 Å². The van der Waals surface area contributed by atoms with Crippen molar-refractivity contribution in [1.29, 1.82) is 0 Å². The minimum atomic E-state index is -3.80. The van der Waals surface area contributed by atoms with Crippen LogP contribution in [0.2, 0.25) is 0 Å². The molecule has 0 heterocycles. The minimum Gasteiger partial charge on any atom is -0.480 e. The SMILES string of the molecule is O=C(O)[C@H](Cc1ccccc1)NP(=O)(OCCCl)OCCCl. The van der Waals surface area contributed by atoms with E-state index in [0.717, 1.165) is 5.56 Å². The van der Waals surface area contributed by atoms with E-state index < -0.39 is 19.8 Å². The lowest BCUT2D eigenvalue weighted by atomic mass is 10.1. The van der Waals surface area contributed by atoms with Crippen LogP contribution in [0.3, 0.4) is 0 Å². The predicted octanol–water partition coefficient (Wildman–Crippen LogP) is 2.89. The van der Waals surface area contributed by atoms with Gasteiger partial charge in [0.1, 0.15) is 6.04 Å². The fourth-order valence-corrected chi connectivity index (χ4v) is 3.49. The number of hydrogen-bond donors (Lipinski definition) is 2. The van der Waals surface area contributed by atoms with Gasteiger partial charge in [-0.25, -0.2) is 9.65 Å². The van der Waals surface area contributed by atoms with E-state index in [9.17, 15) is 14.5 Å². The van der Waals surface area contributed by atoms with Crippen LogP contribution in [0, 0.1) is 0 Å². The molecule has 0 aliphatic carbocycles. The van der Waals surface area contributed by atoms with Gasteiger partial charge in [-0.2, -0.15) is 0 Å². The zero-order valence-corrected chi connectivity index (χ0v) is 14.2. The minimum absolute atomic E-state index is 0.0359. The fraction of sp³-hybridized carbons (Fsp3) is 0.462. The molecule has 2 N–H and O–H groups in total. The normalized spacial score (nSPS) is 13.0. The predicted molar refractivity (Wildman–Crippen MR) is 85.7 cm³/mol. The number of nitrogens with one attached hydrogen (secondary N) is 1. The van der Waals surface area contributed by atoms with Crippen LogP contribution in [-0.2, 0) is 24.8 Å². The molecule has 1 aromatic rings. The van der Waals surface area contributed by atoms with E-state index in [4.69, 9.17) is 32.2 Å². The zero-order valence-electron chi connectivity index (χ0n) is 11.8. The number of alkyl halides is 2. The van der Waals surface area contributed by atoms with Gasteiger partial charge in [0.15, 0.2) is 0 Å². The summed E-state index contributed by atoms with van der Waals surface area (Å²) in [6.07, 6.45) is 0.134. The number of aliphatic carboxylic acids is 1. The van der Waals surface area contributed by atoms with E-state index >= 15 is 0 Å². The van der Waals surface area contributed by atoms with E-state index in [1.165, 1.54) is 0 Å². The number of hydrogen-bond acceptors (Lipinski definition) is 4. The second-order valence-corrected chi connectivity index (χ2v) is 6.78. The number of benzene rings is 1. The van der Waals surface area contributed by atoms with Gasteiger partial charge in [0.05, 0.1) is 13.2 Å². The third kappa shape index (κ3) is 7.09. The van der Waals surface area contributed by atoms with Crippen LogP contribution in [0.4, 0.5) is 0 Å². The topological polar surface area (TPSA) is 84.9 Å². The lowest BCUT2D eigenvalue weighted by molar-refractivity contribution is -0.139. The third-order valence-electron chi connectivity index (χ3n) is 2.57. The van der Waals surface area contributed by atoms with Gasteiger partial charge in [-0.15, -0.1) is 23.2 Å². The highest BCUT2D eigenvalue weighted by Gasteiger charge is 2.32. The van der Waals surface area contributed by atoms with Crippen LogP contribution in [0.5, 0.6) is 0 Å². The summed E-state index contributed by atoms with van der Waals surface area (Å²) >= 11 is 11.0. The number of rotatable bonds is 11. The lowest BCUT2D eigenvalue weighted by Crippen LogP contribution is -2.37. The molecule has 0 aliphatic heterocycles. The van der Waals surface area contributed by atoms with Gasteiger partial charge in [0, 0.05) is 11.8 Å². The van der Waals surface area contributed by atoms with Gasteiger partial charge in [-0.1, -0.05) is 30.3 Å². The molecule has 0 saturated heterocycles. The van der Waals surface area contributed by atoms with Crippen LogP contribution >= 0.6 is 30.9 Å². The van der Waals surface area contributed by atoms with Crippen molar-refractivity contribution < 1.29 is 23.5 Å². The van der Waals surface area contributed by atoms with Crippen LogP contribution in [-0.4, -0.2) is 42.1 Å². The summed E-state index contributed by atoms with van der Waals surface area (Å²) in [5.74, 6) is -0.952. The summed E-state index contributed by atoms with van der Waals surface area (Å²) in [5.41, 5.74) is 0.781. The molecule has 0 radical (unpaired) electrons. The van der Waals surface area contributed by atoms with Crippen molar-refractivity contribution in [1.82, 2.24) is 5.09 Å². The zero-order chi connectivity index (χ0) is 16.4. The molecular formula is C13H18Cl2NO5P. The summed E-state index contributed by atoms with van der Waals surface area (Å²) in [6, 6.07) is 7.84. The Morgan fingerprint density at radius 2 is 1.73 bits per heavy atom. The van der Waals surface area contributed by atoms with Crippen LogP contribution in [0.25, 0.3) is 0 Å². The van der Waals surface area contributed by atoms with Crippen molar-refractivity contribution in [2.75, 3.05) is 25.0 Å². The van der Waals surface area contributed by atoms with Gasteiger partial charge >= 0.3 is 13.7 Å². The highest BCUT2D eigenvalue weighted by Crippen LogP contribution is 2.44. The van der Waals surface area contributed by atoms with Gasteiger partial charge in [0.2, 0.25) is 0 Å². The Morgan fingerprint density at radius 3 is 2.18 bits per heavy atom. The molecule has 0 unspecified atom stereocenters. The Kier molecular flexibility index (Phi) is 9.02. The van der Waals surface area contributed by atoms with Crippen molar-refractivity contribution in [3.8, 4) is 0 Å². The molecule has 0 spiro atoms. The van der Waals surface area contributed by atoms with Gasteiger partial charge in [-0.3, -0.25) is 13.8 Å².